The Bertz CT molecular complexity index is 813. The second-order valence-electron chi connectivity index (χ2n) is 6.05. The van der Waals surface area contributed by atoms with E-state index in [9.17, 15) is 19.1 Å². The van der Waals surface area contributed by atoms with Gasteiger partial charge in [-0.3, -0.25) is 4.79 Å². The number of amides is 1. The third kappa shape index (κ3) is 6.26. The fraction of sp³-hybridized carbons (Fsp3) is 0.238. The Labute approximate surface area is 157 Å². The van der Waals surface area contributed by atoms with Crippen molar-refractivity contribution in [3.63, 3.8) is 0 Å². The first-order valence-electron chi connectivity index (χ1n) is 8.58. The number of hydrogen-bond donors (Lipinski definition) is 2. The zero-order valence-corrected chi connectivity index (χ0v) is 15.2. The topological polar surface area (TPSA) is 75.6 Å². The first-order valence-corrected chi connectivity index (χ1v) is 8.58. The van der Waals surface area contributed by atoms with Gasteiger partial charge in [-0.05, 0) is 43.2 Å². The number of ether oxygens (including phenoxy) is 1. The number of aryl methyl sites for hydroxylation is 1. The first kappa shape index (κ1) is 20.2. The lowest BCUT2D eigenvalue weighted by Gasteiger charge is -2.14. The first-order chi connectivity index (χ1) is 12.9. The van der Waals surface area contributed by atoms with Crippen molar-refractivity contribution in [1.29, 1.82) is 0 Å². The predicted octanol–water partition coefficient (Wildman–Crippen LogP) is 3.52. The number of carbonyl (C=O) groups is 2. The van der Waals surface area contributed by atoms with E-state index in [1.54, 1.807) is 48.5 Å². The highest BCUT2D eigenvalue weighted by molar-refractivity contribution is 5.97. The molecule has 2 aromatic carbocycles. The number of carbonyl (C=O) groups excluding carboxylic acids is 1. The maximum absolute atomic E-state index is 14.1. The molecule has 0 heterocycles. The van der Waals surface area contributed by atoms with Gasteiger partial charge in [-0.2, -0.15) is 0 Å². The van der Waals surface area contributed by atoms with Gasteiger partial charge < -0.3 is 15.2 Å². The van der Waals surface area contributed by atoms with Crippen LogP contribution in [-0.4, -0.2) is 29.6 Å². The molecule has 2 N–H and O–H groups in total. The molecule has 0 saturated carbocycles. The van der Waals surface area contributed by atoms with E-state index >= 15 is 0 Å². The van der Waals surface area contributed by atoms with E-state index < -0.39 is 23.7 Å². The molecular weight excluding hydrogens is 349 g/mol. The van der Waals surface area contributed by atoms with Crippen LogP contribution in [0.2, 0.25) is 0 Å². The van der Waals surface area contributed by atoms with E-state index in [0.29, 0.717) is 23.5 Å². The molecule has 6 heteroatoms. The zero-order valence-electron chi connectivity index (χ0n) is 15.2. The van der Waals surface area contributed by atoms with Gasteiger partial charge in [-0.25, -0.2) is 9.18 Å². The molecule has 0 fully saturated rings. The van der Waals surface area contributed by atoms with Crippen LogP contribution in [0.5, 0.6) is 5.75 Å². The molecular formula is C21H22FNO4. The molecule has 0 aliphatic heterocycles. The van der Waals surface area contributed by atoms with Crippen LogP contribution >= 0.6 is 0 Å². The Kier molecular flexibility index (Phi) is 7.11. The Morgan fingerprint density at radius 2 is 1.78 bits per heavy atom. The van der Waals surface area contributed by atoms with Gasteiger partial charge in [0.05, 0.1) is 6.61 Å². The van der Waals surface area contributed by atoms with E-state index in [0.717, 1.165) is 11.6 Å². The second kappa shape index (κ2) is 9.52. The van der Waals surface area contributed by atoms with Gasteiger partial charge in [0.25, 0.3) is 5.91 Å². The molecule has 0 aromatic heterocycles. The summed E-state index contributed by atoms with van der Waals surface area (Å²) < 4.78 is 19.5. The molecule has 27 heavy (non-hydrogen) atoms. The highest BCUT2D eigenvalue weighted by Gasteiger charge is 2.22. The summed E-state index contributed by atoms with van der Waals surface area (Å²) in [5.74, 6) is -2.67. The number of halogens is 1. The minimum absolute atomic E-state index is 0.0330. The summed E-state index contributed by atoms with van der Waals surface area (Å²) in [7, 11) is 0. The summed E-state index contributed by atoms with van der Waals surface area (Å²) in [5, 5.41) is 11.6. The van der Waals surface area contributed by atoms with E-state index in [-0.39, 0.29) is 6.42 Å². The standard InChI is InChI=1S/C21H22FNO4/c1-3-27-17-10-8-16(9-11-17)13-19(21(25)26)23-20(24)18(22)12-15-6-4-14(2)5-7-15/h4-12,19H,3,13H2,1-2H3,(H,23,24)(H,25,26)/t19-/m0/s1. The van der Waals surface area contributed by atoms with Crippen molar-refractivity contribution in [1.82, 2.24) is 5.32 Å². The lowest BCUT2D eigenvalue weighted by atomic mass is 10.1. The number of rotatable bonds is 8. The average molecular weight is 371 g/mol. The van der Waals surface area contributed by atoms with Gasteiger partial charge in [0.15, 0.2) is 5.83 Å². The zero-order chi connectivity index (χ0) is 19.8. The number of nitrogens with one attached hydrogen (secondary N) is 1. The summed E-state index contributed by atoms with van der Waals surface area (Å²) in [6.45, 7) is 4.29. The van der Waals surface area contributed by atoms with Crippen molar-refractivity contribution < 1.29 is 23.8 Å². The summed E-state index contributed by atoms with van der Waals surface area (Å²) in [5.41, 5.74) is 2.22. The lowest BCUT2D eigenvalue weighted by molar-refractivity contribution is -0.141. The van der Waals surface area contributed by atoms with Gasteiger partial charge in [0.2, 0.25) is 0 Å². The molecule has 2 rings (SSSR count). The molecule has 0 radical (unpaired) electrons. The monoisotopic (exact) mass is 371 g/mol. The third-order valence-corrected chi connectivity index (χ3v) is 3.87. The molecule has 0 unspecified atom stereocenters. The van der Waals surface area contributed by atoms with Crippen LogP contribution in [0.1, 0.15) is 23.6 Å². The van der Waals surface area contributed by atoms with Crippen LogP contribution in [0, 0.1) is 6.92 Å². The van der Waals surface area contributed by atoms with Crippen molar-refractivity contribution in [2.75, 3.05) is 6.61 Å². The molecule has 1 amide bonds. The van der Waals surface area contributed by atoms with E-state index in [2.05, 4.69) is 5.32 Å². The Balaban J connectivity index is 2.04. The van der Waals surface area contributed by atoms with Crippen LogP contribution in [-0.2, 0) is 16.0 Å². The Hall–Kier alpha value is -3.15. The predicted molar refractivity (Wildman–Crippen MR) is 101 cm³/mol. The summed E-state index contributed by atoms with van der Waals surface area (Å²) in [6.07, 6.45) is 1.11. The fourth-order valence-electron chi connectivity index (χ4n) is 2.43. The van der Waals surface area contributed by atoms with Crippen LogP contribution in [0.4, 0.5) is 4.39 Å². The maximum atomic E-state index is 14.1. The van der Waals surface area contributed by atoms with Gasteiger partial charge in [0.1, 0.15) is 11.8 Å². The summed E-state index contributed by atoms with van der Waals surface area (Å²) in [4.78, 5) is 23.5. The third-order valence-electron chi connectivity index (χ3n) is 3.87. The van der Waals surface area contributed by atoms with Crippen molar-refractivity contribution in [3.05, 3.63) is 71.0 Å². The average Bonchev–Trinajstić information content (AvgIpc) is 2.64. The highest BCUT2D eigenvalue weighted by atomic mass is 19.1. The van der Waals surface area contributed by atoms with Gasteiger partial charge in [0, 0.05) is 6.42 Å². The molecule has 0 aliphatic rings. The van der Waals surface area contributed by atoms with Crippen LogP contribution in [0.25, 0.3) is 6.08 Å². The smallest absolute Gasteiger partial charge is 0.326 e. The molecule has 0 bridgehead atoms. The van der Waals surface area contributed by atoms with Crippen LogP contribution in [0.15, 0.2) is 54.4 Å². The number of hydrogen-bond acceptors (Lipinski definition) is 3. The number of aliphatic carboxylic acids is 1. The minimum atomic E-state index is -1.24. The van der Waals surface area contributed by atoms with E-state index in [1.807, 2.05) is 13.8 Å². The largest absolute Gasteiger partial charge is 0.494 e. The van der Waals surface area contributed by atoms with Crippen molar-refractivity contribution in [2.45, 2.75) is 26.3 Å². The minimum Gasteiger partial charge on any atom is -0.494 e. The van der Waals surface area contributed by atoms with Crippen LogP contribution in [0.3, 0.4) is 0 Å². The molecule has 5 nitrogen and oxygen atoms in total. The van der Waals surface area contributed by atoms with Gasteiger partial charge >= 0.3 is 5.97 Å². The van der Waals surface area contributed by atoms with Crippen molar-refractivity contribution >= 4 is 18.0 Å². The molecule has 0 spiro atoms. The fourth-order valence-corrected chi connectivity index (χ4v) is 2.43. The second-order valence-corrected chi connectivity index (χ2v) is 6.05. The van der Waals surface area contributed by atoms with Crippen molar-refractivity contribution in [2.24, 2.45) is 0 Å². The quantitative estimate of drug-likeness (QED) is 0.696. The van der Waals surface area contributed by atoms with E-state index in [4.69, 9.17) is 4.74 Å². The number of benzene rings is 2. The Morgan fingerprint density at radius 3 is 2.33 bits per heavy atom. The number of carboxylic acids is 1. The van der Waals surface area contributed by atoms with Gasteiger partial charge in [-0.15, -0.1) is 0 Å². The molecule has 0 aliphatic carbocycles. The number of carboxylic acid groups (broad SMARTS) is 1. The van der Waals surface area contributed by atoms with E-state index in [1.165, 1.54) is 0 Å². The SMILES string of the molecule is CCOc1ccc(C[C@H](NC(=O)C(F)=Cc2ccc(C)cc2)C(=O)O)cc1. The highest BCUT2D eigenvalue weighted by Crippen LogP contribution is 2.14. The normalized spacial score (nSPS) is 12.3. The maximum Gasteiger partial charge on any atom is 0.326 e. The van der Waals surface area contributed by atoms with Crippen molar-refractivity contribution in [3.8, 4) is 5.75 Å². The Morgan fingerprint density at radius 1 is 1.15 bits per heavy atom. The summed E-state index contributed by atoms with van der Waals surface area (Å²) in [6, 6.07) is 12.6. The lowest BCUT2D eigenvalue weighted by Crippen LogP contribution is -2.42. The summed E-state index contributed by atoms with van der Waals surface area (Å²) >= 11 is 0. The molecule has 1 atom stereocenters. The van der Waals surface area contributed by atoms with Gasteiger partial charge in [-0.1, -0.05) is 42.0 Å². The van der Waals surface area contributed by atoms with Crippen LogP contribution < -0.4 is 10.1 Å². The molecule has 2 aromatic rings. The molecule has 0 saturated heterocycles. The molecule has 142 valence electrons.